The summed E-state index contributed by atoms with van der Waals surface area (Å²) < 4.78 is 5.52. The normalized spacial score (nSPS) is 16.1. The van der Waals surface area contributed by atoms with Gasteiger partial charge in [-0.3, -0.25) is 14.4 Å². The van der Waals surface area contributed by atoms with Crippen LogP contribution in [-0.4, -0.2) is 35.8 Å². The van der Waals surface area contributed by atoms with Crippen molar-refractivity contribution in [2.24, 2.45) is 5.92 Å². The second-order valence-corrected chi connectivity index (χ2v) is 8.84. The number of amides is 2. The van der Waals surface area contributed by atoms with Gasteiger partial charge in [-0.05, 0) is 60.0 Å². The van der Waals surface area contributed by atoms with Crippen molar-refractivity contribution in [3.63, 3.8) is 0 Å². The van der Waals surface area contributed by atoms with Gasteiger partial charge in [-0.2, -0.15) is 0 Å². The molecular weight excluding hydrogens is 420 g/mol. The minimum Gasteiger partial charge on any atom is -0.426 e. The number of nitrogens with one attached hydrogen (secondary N) is 1. The van der Waals surface area contributed by atoms with E-state index in [1.54, 1.807) is 41.3 Å². The molecule has 0 radical (unpaired) electrons. The van der Waals surface area contributed by atoms with Crippen LogP contribution in [0, 0.1) is 5.92 Å². The Bertz CT molecular complexity index is 1010. The summed E-state index contributed by atoms with van der Waals surface area (Å²) in [6.07, 6.45) is 1.46. The number of carbonyl (C=O) groups is 3. The number of hydrogen-bond donors (Lipinski definition) is 1. The second kappa shape index (κ2) is 9.23. The average molecular weight is 441 g/mol. The molecule has 6 nitrogen and oxygen atoms in total. The zero-order chi connectivity index (χ0) is 20.9. The Balaban J connectivity index is 1.33. The van der Waals surface area contributed by atoms with Gasteiger partial charge < -0.3 is 15.0 Å². The molecule has 1 unspecified atom stereocenters. The van der Waals surface area contributed by atoms with Crippen LogP contribution in [-0.2, 0) is 4.79 Å². The van der Waals surface area contributed by atoms with Crippen molar-refractivity contribution in [2.75, 3.05) is 18.4 Å². The standard InChI is InChI=1S/C22H20N2O4S2/c25-20(18-5-2-12-29-18)23-16-7-9-17(10-8-16)28-22(27)15-4-1-11-24(14-15)21(26)19-6-3-13-30-19/h2-3,5-10,12-13,15H,1,4,11,14H2,(H,23,25). The van der Waals surface area contributed by atoms with E-state index in [0.717, 1.165) is 6.42 Å². The van der Waals surface area contributed by atoms with Gasteiger partial charge in [-0.1, -0.05) is 12.1 Å². The maximum absolute atomic E-state index is 12.6. The van der Waals surface area contributed by atoms with E-state index in [1.165, 1.54) is 22.7 Å². The highest BCUT2D eigenvalue weighted by atomic mass is 32.1. The molecule has 0 spiro atoms. The number of piperidine rings is 1. The van der Waals surface area contributed by atoms with Crippen molar-refractivity contribution in [3.8, 4) is 5.75 Å². The van der Waals surface area contributed by atoms with Crippen molar-refractivity contribution < 1.29 is 19.1 Å². The average Bonchev–Trinajstić information content (AvgIpc) is 3.49. The molecule has 0 saturated carbocycles. The van der Waals surface area contributed by atoms with E-state index < -0.39 is 0 Å². The number of hydrogen-bond acceptors (Lipinski definition) is 6. The van der Waals surface area contributed by atoms with Crippen molar-refractivity contribution in [2.45, 2.75) is 12.8 Å². The van der Waals surface area contributed by atoms with Gasteiger partial charge in [0, 0.05) is 18.8 Å². The fraction of sp³-hybridized carbons (Fsp3) is 0.227. The number of anilines is 1. The molecule has 2 amide bonds. The lowest BCUT2D eigenvalue weighted by atomic mass is 9.98. The molecule has 1 aliphatic rings. The fourth-order valence-electron chi connectivity index (χ4n) is 3.32. The number of carbonyl (C=O) groups excluding carboxylic acids is 3. The highest BCUT2D eigenvalue weighted by Gasteiger charge is 2.30. The summed E-state index contributed by atoms with van der Waals surface area (Å²) >= 11 is 2.77. The Morgan fingerprint density at radius 2 is 1.67 bits per heavy atom. The molecular formula is C22H20N2O4S2. The smallest absolute Gasteiger partial charge is 0.316 e. The molecule has 154 valence electrons. The lowest BCUT2D eigenvalue weighted by Crippen LogP contribution is -2.43. The number of likely N-dealkylation sites (tertiary alicyclic amines) is 1. The van der Waals surface area contributed by atoms with Gasteiger partial charge in [0.05, 0.1) is 15.7 Å². The summed E-state index contributed by atoms with van der Waals surface area (Å²) in [5.41, 5.74) is 0.624. The number of nitrogens with zero attached hydrogens (tertiary/aromatic N) is 1. The third-order valence-electron chi connectivity index (χ3n) is 4.85. The Morgan fingerprint density at radius 1 is 0.967 bits per heavy atom. The molecule has 2 aromatic heterocycles. The largest absolute Gasteiger partial charge is 0.426 e. The summed E-state index contributed by atoms with van der Waals surface area (Å²) in [6, 6.07) is 13.9. The van der Waals surface area contributed by atoms with Crippen LogP contribution in [0.15, 0.2) is 59.3 Å². The van der Waals surface area contributed by atoms with E-state index in [9.17, 15) is 14.4 Å². The second-order valence-electron chi connectivity index (χ2n) is 6.94. The van der Waals surface area contributed by atoms with Crippen molar-refractivity contribution in [1.29, 1.82) is 0 Å². The molecule has 3 aromatic rings. The molecule has 0 aliphatic carbocycles. The number of thiophene rings is 2. The van der Waals surface area contributed by atoms with Crippen LogP contribution in [0.3, 0.4) is 0 Å². The zero-order valence-corrected chi connectivity index (χ0v) is 17.7. The van der Waals surface area contributed by atoms with Gasteiger partial charge in [0.25, 0.3) is 11.8 Å². The molecule has 1 saturated heterocycles. The number of rotatable bonds is 5. The van der Waals surface area contributed by atoms with E-state index in [-0.39, 0.29) is 23.7 Å². The summed E-state index contributed by atoms with van der Waals surface area (Å²) in [4.78, 5) is 40.3. The van der Waals surface area contributed by atoms with E-state index in [2.05, 4.69) is 5.32 Å². The zero-order valence-electron chi connectivity index (χ0n) is 16.1. The van der Waals surface area contributed by atoms with Crippen LogP contribution in [0.2, 0.25) is 0 Å². The van der Waals surface area contributed by atoms with Gasteiger partial charge >= 0.3 is 5.97 Å². The summed E-state index contributed by atoms with van der Waals surface area (Å²) in [6.45, 7) is 1.02. The maximum atomic E-state index is 12.6. The molecule has 1 aliphatic heterocycles. The summed E-state index contributed by atoms with van der Waals surface area (Å²) in [5, 5.41) is 6.52. The monoisotopic (exact) mass is 440 g/mol. The van der Waals surface area contributed by atoms with Crippen LogP contribution in [0.25, 0.3) is 0 Å². The molecule has 8 heteroatoms. The fourth-order valence-corrected chi connectivity index (χ4v) is 4.63. The van der Waals surface area contributed by atoms with E-state index in [0.29, 0.717) is 40.7 Å². The quantitative estimate of drug-likeness (QED) is 0.468. The van der Waals surface area contributed by atoms with Gasteiger partial charge in [-0.25, -0.2) is 0 Å². The maximum Gasteiger partial charge on any atom is 0.316 e. The molecule has 4 rings (SSSR count). The highest BCUT2D eigenvalue weighted by Crippen LogP contribution is 2.24. The summed E-state index contributed by atoms with van der Waals surface area (Å²) in [7, 11) is 0. The van der Waals surface area contributed by atoms with Gasteiger partial charge in [0.15, 0.2) is 0 Å². The molecule has 0 bridgehead atoms. The number of benzene rings is 1. The predicted molar refractivity (Wildman–Crippen MR) is 117 cm³/mol. The van der Waals surface area contributed by atoms with Crippen molar-refractivity contribution in [1.82, 2.24) is 4.90 Å². The van der Waals surface area contributed by atoms with Crippen LogP contribution in [0.1, 0.15) is 32.2 Å². The first-order valence-electron chi connectivity index (χ1n) is 9.59. The molecule has 1 aromatic carbocycles. The van der Waals surface area contributed by atoms with Crippen LogP contribution >= 0.6 is 22.7 Å². The topological polar surface area (TPSA) is 75.7 Å². The van der Waals surface area contributed by atoms with Gasteiger partial charge in [0.1, 0.15) is 5.75 Å². The van der Waals surface area contributed by atoms with Crippen molar-refractivity contribution in [3.05, 3.63) is 69.0 Å². The van der Waals surface area contributed by atoms with Crippen LogP contribution in [0.5, 0.6) is 5.75 Å². The van der Waals surface area contributed by atoms with Crippen molar-refractivity contribution >= 4 is 46.1 Å². The summed E-state index contributed by atoms with van der Waals surface area (Å²) in [5.74, 6) is -0.480. The Kier molecular flexibility index (Phi) is 6.25. The number of esters is 1. The van der Waals surface area contributed by atoms with Gasteiger partial charge in [0.2, 0.25) is 0 Å². The van der Waals surface area contributed by atoms with E-state index in [1.807, 2.05) is 22.9 Å². The Morgan fingerprint density at radius 3 is 2.33 bits per heavy atom. The molecule has 1 fully saturated rings. The van der Waals surface area contributed by atoms with Crippen LogP contribution in [0.4, 0.5) is 5.69 Å². The molecule has 1 atom stereocenters. The first-order valence-corrected chi connectivity index (χ1v) is 11.4. The Hall–Kier alpha value is -2.97. The Labute approximate surface area is 182 Å². The molecule has 3 heterocycles. The SMILES string of the molecule is O=C(Nc1ccc(OC(=O)C2CCCN(C(=O)c3cccs3)C2)cc1)c1cccs1. The minimum atomic E-state index is -0.346. The first kappa shape index (κ1) is 20.3. The van der Waals surface area contributed by atoms with Crippen LogP contribution < -0.4 is 10.1 Å². The molecule has 30 heavy (non-hydrogen) atoms. The highest BCUT2D eigenvalue weighted by molar-refractivity contribution is 7.12. The lowest BCUT2D eigenvalue weighted by molar-refractivity contribution is -0.140. The predicted octanol–water partition coefficient (Wildman–Crippen LogP) is 4.52. The lowest BCUT2D eigenvalue weighted by Gasteiger charge is -2.31. The first-order chi connectivity index (χ1) is 14.6. The third kappa shape index (κ3) is 4.77. The van der Waals surface area contributed by atoms with E-state index >= 15 is 0 Å². The third-order valence-corrected chi connectivity index (χ3v) is 6.58. The van der Waals surface area contributed by atoms with E-state index in [4.69, 9.17) is 4.74 Å². The molecule has 1 N–H and O–H groups in total. The minimum absolute atomic E-state index is 0.0339. The number of ether oxygens (including phenoxy) is 1. The van der Waals surface area contributed by atoms with Gasteiger partial charge in [-0.15, -0.1) is 22.7 Å².